The molecular weight excluding hydrogens is 501 g/mol. The Morgan fingerprint density at radius 2 is 1.78 bits per heavy atom. The van der Waals surface area contributed by atoms with Crippen LogP contribution in [0.1, 0.15) is 29.3 Å². The van der Waals surface area contributed by atoms with Crippen molar-refractivity contribution >= 4 is 52.3 Å². The summed E-state index contributed by atoms with van der Waals surface area (Å²) in [6.45, 7) is 2.98. The van der Waals surface area contributed by atoms with Crippen LogP contribution in [0.4, 0.5) is 11.4 Å². The summed E-state index contributed by atoms with van der Waals surface area (Å²) in [5.41, 5.74) is 2.09. The molecule has 0 bridgehead atoms. The summed E-state index contributed by atoms with van der Waals surface area (Å²) in [6.07, 6.45) is 0.0286. The Morgan fingerprint density at radius 1 is 1.03 bits per heavy atom. The SMILES string of the molecule is CCOc1ccc(CNC(=O)c2ccccc2NC(=O)[C@H]2CC(=O)N(c3cccc(Cl)c3Cl)C2)cc1. The normalized spacial score (nSPS) is 15.0. The van der Waals surface area contributed by atoms with Crippen LogP contribution in [0.2, 0.25) is 10.0 Å². The number of para-hydroxylation sites is 1. The van der Waals surface area contributed by atoms with Crippen LogP contribution in [0.3, 0.4) is 0 Å². The lowest BCUT2D eigenvalue weighted by atomic mass is 10.1. The van der Waals surface area contributed by atoms with Gasteiger partial charge in [-0.05, 0) is 48.9 Å². The van der Waals surface area contributed by atoms with Gasteiger partial charge in [-0.2, -0.15) is 0 Å². The van der Waals surface area contributed by atoms with Crippen LogP contribution in [-0.4, -0.2) is 30.9 Å². The molecular formula is C27H25Cl2N3O4. The van der Waals surface area contributed by atoms with Crippen molar-refractivity contribution in [2.45, 2.75) is 19.9 Å². The van der Waals surface area contributed by atoms with E-state index in [4.69, 9.17) is 27.9 Å². The van der Waals surface area contributed by atoms with E-state index in [0.717, 1.165) is 11.3 Å². The van der Waals surface area contributed by atoms with Gasteiger partial charge >= 0.3 is 0 Å². The van der Waals surface area contributed by atoms with Crippen molar-refractivity contribution in [1.82, 2.24) is 5.32 Å². The molecule has 3 aromatic carbocycles. The van der Waals surface area contributed by atoms with Gasteiger partial charge in [0, 0.05) is 19.5 Å². The molecule has 1 aliphatic heterocycles. The predicted octanol–water partition coefficient (Wildman–Crippen LogP) is 5.31. The van der Waals surface area contributed by atoms with E-state index in [9.17, 15) is 14.4 Å². The topological polar surface area (TPSA) is 87.7 Å². The average Bonchev–Trinajstić information content (AvgIpc) is 3.27. The fraction of sp³-hybridized carbons (Fsp3) is 0.222. The van der Waals surface area contributed by atoms with E-state index in [1.165, 1.54) is 4.90 Å². The minimum absolute atomic E-state index is 0.0286. The molecule has 1 fully saturated rings. The fourth-order valence-corrected chi connectivity index (χ4v) is 4.39. The quantitative estimate of drug-likeness (QED) is 0.416. The summed E-state index contributed by atoms with van der Waals surface area (Å²) in [7, 11) is 0. The molecule has 1 saturated heterocycles. The van der Waals surface area contributed by atoms with Gasteiger partial charge in [-0.25, -0.2) is 0 Å². The van der Waals surface area contributed by atoms with Crippen LogP contribution in [0, 0.1) is 5.92 Å². The number of halogens is 2. The molecule has 0 radical (unpaired) electrons. The fourth-order valence-electron chi connectivity index (χ4n) is 3.99. The largest absolute Gasteiger partial charge is 0.494 e. The number of nitrogens with one attached hydrogen (secondary N) is 2. The van der Waals surface area contributed by atoms with Crippen molar-refractivity contribution in [2.75, 3.05) is 23.4 Å². The van der Waals surface area contributed by atoms with E-state index in [1.54, 1.807) is 42.5 Å². The number of rotatable bonds is 8. The summed E-state index contributed by atoms with van der Waals surface area (Å²) in [6, 6.07) is 19.2. The molecule has 0 aliphatic carbocycles. The van der Waals surface area contributed by atoms with Crippen LogP contribution >= 0.6 is 23.2 Å². The number of hydrogen-bond acceptors (Lipinski definition) is 4. The molecule has 3 amide bonds. The zero-order valence-electron chi connectivity index (χ0n) is 19.6. The smallest absolute Gasteiger partial charge is 0.253 e. The van der Waals surface area contributed by atoms with Gasteiger partial charge < -0.3 is 20.3 Å². The van der Waals surface area contributed by atoms with Crippen LogP contribution in [0.15, 0.2) is 66.7 Å². The number of amides is 3. The maximum atomic E-state index is 13.0. The highest BCUT2D eigenvalue weighted by molar-refractivity contribution is 6.44. The van der Waals surface area contributed by atoms with Crippen LogP contribution in [0.25, 0.3) is 0 Å². The van der Waals surface area contributed by atoms with Crippen molar-refractivity contribution in [3.63, 3.8) is 0 Å². The van der Waals surface area contributed by atoms with Crippen molar-refractivity contribution in [2.24, 2.45) is 5.92 Å². The molecule has 1 heterocycles. The summed E-state index contributed by atoms with van der Waals surface area (Å²) >= 11 is 12.4. The number of benzene rings is 3. The van der Waals surface area contributed by atoms with Gasteiger partial charge in [0.15, 0.2) is 0 Å². The van der Waals surface area contributed by atoms with Gasteiger partial charge in [-0.3, -0.25) is 14.4 Å². The van der Waals surface area contributed by atoms with Gasteiger partial charge in [0.25, 0.3) is 5.91 Å². The van der Waals surface area contributed by atoms with Gasteiger partial charge in [-0.15, -0.1) is 0 Å². The highest BCUT2D eigenvalue weighted by Gasteiger charge is 2.36. The highest BCUT2D eigenvalue weighted by Crippen LogP contribution is 2.36. The Hall–Kier alpha value is -3.55. The molecule has 3 aromatic rings. The van der Waals surface area contributed by atoms with Crippen LogP contribution in [-0.2, 0) is 16.1 Å². The average molecular weight is 526 g/mol. The third-order valence-electron chi connectivity index (χ3n) is 5.83. The third kappa shape index (κ3) is 5.80. The first kappa shape index (κ1) is 25.5. The maximum absolute atomic E-state index is 13.0. The van der Waals surface area contributed by atoms with Crippen molar-refractivity contribution in [3.05, 3.63) is 87.9 Å². The van der Waals surface area contributed by atoms with E-state index in [2.05, 4.69) is 10.6 Å². The lowest BCUT2D eigenvalue weighted by molar-refractivity contribution is -0.122. The summed E-state index contributed by atoms with van der Waals surface area (Å²) < 4.78 is 5.44. The minimum Gasteiger partial charge on any atom is -0.494 e. The van der Waals surface area contributed by atoms with Gasteiger partial charge in [0.05, 0.1) is 39.5 Å². The van der Waals surface area contributed by atoms with Gasteiger partial charge in [0.2, 0.25) is 11.8 Å². The number of carbonyl (C=O) groups is 3. The van der Waals surface area contributed by atoms with Crippen LogP contribution < -0.4 is 20.3 Å². The first-order valence-corrected chi connectivity index (χ1v) is 12.3. The maximum Gasteiger partial charge on any atom is 0.253 e. The molecule has 0 saturated carbocycles. The summed E-state index contributed by atoms with van der Waals surface area (Å²) in [5.74, 6) is -0.735. The Bertz CT molecular complexity index is 1280. The molecule has 0 spiro atoms. The van der Waals surface area contributed by atoms with E-state index >= 15 is 0 Å². The second-order valence-corrected chi connectivity index (χ2v) is 9.06. The van der Waals surface area contributed by atoms with Gasteiger partial charge in [0.1, 0.15) is 5.75 Å². The molecule has 0 aromatic heterocycles. The number of anilines is 2. The molecule has 186 valence electrons. The van der Waals surface area contributed by atoms with E-state index < -0.39 is 5.92 Å². The number of ether oxygens (including phenoxy) is 1. The van der Waals surface area contributed by atoms with Crippen molar-refractivity contribution < 1.29 is 19.1 Å². The summed E-state index contributed by atoms with van der Waals surface area (Å²) in [5, 5.41) is 6.29. The Balaban J connectivity index is 1.40. The van der Waals surface area contributed by atoms with Crippen molar-refractivity contribution in [1.29, 1.82) is 0 Å². The first-order valence-electron chi connectivity index (χ1n) is 11.5. The predicted molar refractivity (Wildman–Crippen MR) is 141 cm³/mol. The zero-order valence-corrected chi connectivity index (χ0v) is 21.1. The molecule has 4 rings (SSSR count). The zero-order chi connectivity index (χ0) is 25.7. The lowest BCUT2D eigenvalue weighted by Crippen LogP contribution is -2.29. The number of nitrogens with zero attached hydrogens (tertiary/aromatic N) is 1. The molecule has 9 heteroatoms. The highest BCUT2D eigenvalue weighted by atomic mass is 35.5. The minimum atomic E-state index is -0.604. The monoisotopic (exact) mass is 525 g/mol. The molecule has 7 nitrogen and oxygen atoms in total. The number of hydrogen-bond donors (Lipinski definition) is 2. The molecule has 1 aliphatic rings. The Labute approximate surface area is 219 Å². The second kappa shape index (κ2) is 11.5. The Kier molecular flexibility index (Phi) is 8.13. The first-order chi connectivity index (χ1) is 17.4. The molecule has 1 atom stereocenters. The van der Waals surface area contributed by atoms with E-state index in [-0.39, 0.29) is 35.7 Å². The summed E-state index contributed by atoms with van der Waals surface area (Å²) in [4.78, 5) is 40.0. The second-order valence-electron chi connectivity index (χ2n) is 8.27. The van der Waals surface area contributed by atoms with E-state index in [0.29, 0.717) is 35.1 Å². The molecule has 0 unspecified atom stereocenters. The number of carbonyl (C=O) groups excluding carboxylic acids is 3. The lowest BCUT2D eigenvalue weighted by Gasteiger charge is -2.19. The third-order valence-corrected chi connectivity index (χ3v) is 6.64. The van der Waals surface area contributed by atoms with Gasteiger partial charge in [-0.1, -0.05) is 53.5 Å². The van der Waals surface area contributed by atoms with E-state index in [1.807, 2.05) is 31.2 Å². The van der Waals surface area contributed by atoms with Crippen molar-refractivity contribution in [3.8, 4) is 5.75 Å². The van der Waals surface area contributed by atoms with Crippen LogP contribution in [0.5, 0.6) is 5.75 Å². The molecule has 2 N–H and O–H groups in total. The molecule has 36 heavy (non-hydrogen) atoms. The Morgan fingerprint density at radius 3 is 2.53 bits per heavy atom. The standard InChI is InChI=1S/C27H25Cl2N3O4/c1-2-36-19-12-10-17(11-13-19)15-30-27(35)20-6-3-4-8-22(20)31-26(34)18-14-24(33)32(16-18)23-9-5-7-21(28)25(23)29/h3-13,18H,2,14-16H2,1H3,(H,30,35)(H,31,34)/t18-/m0/s1.